The molecule has 1 aromatic heterocycles. The van der Waals surface area contributed by atoms with Gasteiger partial charge >= 0.3 is 5.69 Å². The van der Waals surface area contributed by atoms with Crippen molar-refractivity contribution in [1.82, 2.24) is 19.7 Å². The highest BCUT2D eigenvalue weighted by molar-refractivity contribution is 6.37. The molecule has 12 heteroatoms. The molecule has 1 amide bonds. The van der Waals surface area contributed by atoms with Crippen LogP contribution < -0.4 is 16.0 Å². The molecule has 188 valence electrons. The van der Waals surface area contributed by atoms with Crippen molar-refractivity contribution < 1.29 is 14.6 Å². The summed E-state index contributed by atoms with van der Waals surface area (Å²) in [6.07, 6.45) is 1.58. The molecule has 2 N–H and O–H groups in total. The number of H-pyrrole nitrogens is 1. The summed E-state index contributed by atoms with van der Waals surface area (Å²) in [5.74, 6) is -0.331. The minimum absolute atomic E-state index is 0.0425. The van der Waals surface area contributed by atoms with Gasteiger partial charge in [-0.2, -0.15) is 9.78 Å². The van der Waals surface area contributed by atoms with Crippen molar-refractivity contribution in [2.24, 2.45) is 0 Å². The molecule has 0 saturated heterocycles. The van der Waals surface area contributed by atoms with Gasteiger partial charge in [-0.25, -0.2) is 4.79 Å². The van der Waals surface area contributed by atoms with E-state index in [0.29, 0.717) is 24.5 Å². The van der Waals surface area contributed by atoms with Crippen LogP contribution in [0.4, 0.5) is 0 Å². The highest BCUT2D eigenvalue weighted by atomic mass is 35.5. The van der Waals surface area contributed by atoms with Crippen molar-refractivity contribution in [3.05, 3.63) is 107 Å². The SMILES string of the molecule is O=C(c1cc(Oc2c(Cl)cc(-n3ncc(=O)[nH]c3=O)cc2Cl)ccc1O)N1CCc2cccc(Cl)c2C1. The lowest BCUT2D eigenvalue weighted by atomic mass is 9.99. The molecule has 1 aliphatic heterocycles. The van der Waals surface area contributed by atoms with E-state index in [2.05, 4.69) is 10.1 Å². The number of aromatic amines is 1. The van der Waals surface area contributed by atoms with Gasteiger partial charge in [-0.05, 0) is 53.9 Å². The third-order valence-electron chi connectivity index (χ3n) is 5.86. The number of nitrogens with zero attached hydrogens (tertiary/aromatic N) is 3. The van der Waals surface area contributed by atoms with E-state index < -0.39 is 11.2 Å². The first-order chi connectivity index (χ1) is 17.7. The summed E-state index contributed by atoms with van der Waals surface area (Å²) in [5.41, 5.74) is 0.801. The quantitative estimate of drug-likeness (QED) is 0.378. The van der Waals surface area contributed by atoms with Gasteiger partial charge in [-0.3, -0.25) is 14.6 Å². The summed E-state index contributed by atoms with van der Waals surface area (Å²) < 4.78 is 6.78. The lowest BCUT2D eigenvalue weighted by Gasteiger charge is -2.29. The van der Waals surface area contributed by atoms with Gasteiger partial charge in [0.05, 0.1) is 21.3 Å². The molecule has 0 fully saturated rings. The summed E-state index contributed by atoms with van der Waals surface area (Å²) in [6, 6.07) is 12.6. The molecule has 0 aliphatic carbocycles. The fourth-order valence-corrected chi connectivity index (χ4v) is 4.86. The maximum atomic E-state index is 13.3. The van der Waals surface area contributed by atoms with Gasteiger partial charge in [0, 0.05) is 18.1 Å². The van der Waals surface area contributed by atoms with Gasteiger partial charge in [0.15, 0.2) is 5.75 Å². The zero-order valence-corrected chi connectivity index (χ0v) is 21.1. The van der Waals surface area contributed by atoms with Crippen LogP contribution in [-0.2, 0) is 13.0 Å². The first-order valence-electron chi connectivity index (χ1n) is 11.0. The first kappa shape index (κ1) is 24.9. The molecule has 0 unspecified atom stereocenters. The Labute approximate surface area is 224 Å². The lowest BCUT2D eigenvalue weighted by Crippen LogP contribution is -2.36. The molecule has 4 aromatic rings. The van der Waals surface area contributed by atoms with Crippen molar-refractivity contribution in [3.8, 4) is 22.9 Å². The molecule has 1 aliphatic rings. The van der Waals surface area contributed by atoms with E-state index in [9.17, 15) is 19.5 Å². The number of ether oxygens (including phenoxy) is 1. The number of nitrogens with one attached hydrogen (secondary N) is 1. The van der Waals surface area contributed by atoms with E-state index in [1.165, 1.54) is 30.3 Å². The Morgan fingerprint density at radius 1 is 1.03 bits per heavy atom. The number of fused-ring (bicyclic) bond motifs is 1. The fraction of sp³-hybridized carbons (Fsp3) is 0.120. The van der Waals surface area contributed by atoms with Gasteiger partial charge in [-0.15, -0.1) is 0 Å². The molecule has 0 radical (unpaired) electrons. The van der Waals surface area contributed by atoms with Crippen molar-refractivity contribution in [2.45, 2.75) is 13.0 Å². The van der Waals surface area contributed by atoms with Gasteiger partial charge in [0.25, 0.3) is 11.5 Å². The number of halogens is 3. The average molecular weight is 560 g/mol. The number of aromatic nitrogens is 3. The Morgan fingerprint density at radius 2 is 1.78 bits per heavy atom. The van der Waals surface area contributed by atoms with E-state index >= 15 is 0 Å². The van der Waals surface area contributed by atoms with Crippen LogP contribution in [0.2, 0.25) is 15.1 Å². The number of carbonyl (C=O) groups is 1. The number of rotatable bonds is 4. The molecule has 37 heavy (non-hydrogen) atoms. The van der Waals surface area contributed by atoms with Crippen LogP contribution in [0.3, 0.4) is 0 Å². The average Bonchev–Trinajstić information content (AvgIpc) is 2.87. The predicted molar refractivity (Wildman–Crippen MR) is 139 cm³/mol. The summed E-state index contributed by atoms with van der Waals surface area (Å²) in [5, 5.41) is 14.9. The second-order valence-electron chi connectivity index (χ2n) is 8.22. The van der Waals surface area contributed by atoms with E-state index in [1.807, 2.05) is 12.1 Å². The molecule has 0 saturated carbocycles. The number of phenols is 1. The van der Waals surface area contributed by atoms with Gasteiger partial charge < -0.3 is 14.7 Å². The lowest BCUT2D eigenvalue weighted by molar-refractivity contribution is 0.0731. The number of aromatic hydroxyl groups is 1. The third kappa shape index (κ3) is 4.93. The Balaban J connectivity index is 1.42. The second-order valence-corrected chi connectivity index (χ2v) is 9.45. The maximum absolute atomic E-state index is 13.3. The summed E-state index contributed by atoms with van der Waals surface area (Å²) in [6.45, 7) is 0.781. The molecule has 2 heterocycles. The van der Waals surface area contributed by atoms with Crippen LogP contribution >= 0.6 is 34.8 Å². The largest absolute Gasteiger partial charge is 0.507 e. The molecule has 0 bridgehead atoms. The number of carbonyl (C=O) groups excluding carboxylic acids is 1. The van der Waals surface area contributed by atoms with Crippen molar-refractivity contribution in [3.63, 3.8) is 0 Å². The summed E-state index contributed by atoms with van der Waals surface area (Å²) >= 11 is 19.1. The highest BCUT2D eigenvalue weighted by Crippen LogP contribution is 2.39. The highest BCUT2D eigenvalue weighted by Gasteiger charge is 2.26. The Bertz CT molecular complexity index is 1640. The van der Waals surface area contributed by atoms with Crippen molar-refractivity contribution >= 4 is 40.7 Å². The number of hydrogen-bond donors (Lipinski definition) is 2. The van der Waals surface area contributed by atoms with Crippen LogP contribution in [0.5, 0.6) is 17.2 Å². The Kier molecular flexibility index (Phi) is 6.68. The van der Waals surface area contributed by atoms with Crippen LogP contribution in [0, 0.1) is 0 Å². The molecule has 5 rings (SSSR count). The fourth-order valence-electron chi connectivity index (χ4n) is 4.05. The van der Waals surface area contributed by atoms with E-state index in [4.69, 9.17) is 39.5 Å². The first-order valence-corrected chi connectivity index (χ1v) is 12.1. The smallest absolute Gasteiger partial charge is 0.349 e. The van der Waals surface area contributed by atoms with Gasteiger partial charge in [-0.1, -0.05) is 46.9 Å². The number of amides is 1. The maximum Gasteiger partial charge on any atom is 0.349 e. The summed E-state index contributed by atoms with van der Waals surface area (Å²) in [4.78, 5) is 40.3. The van der Waals surface area contributed by atoms with Crippen LogP contribution in [-0.4, -0.2) is 37.2 Å². The van der Waals surface area contributed by atoms with Crippen molar-refractivity contribution in [1.29, 1.82) is 0 Å². The Morgan fingerprint density at radius 3 is 2.51 bits per heavy atom. The predicted octanol–water partition coefficient (Wildman–Crippen LogP) is 4.58. The molecular formula is C25H17Cl3N4O5. The molecule has 0 atom stereocenters. The zero-order chi connectivity index (χ0) is 26.3. The minimum Gasteiger partial charge on any atom is -0.507 e. The zero-order valence-electron chi connectivity index (χ0n) is 18.9. The van der Waals surface area contributed by atoms with Crippen LogP contribution in [0.1, 0.15) is 21.5 Å². The minimum atomic E-state index is -0.767. The van der Waals surface area contributed by atoms with Crippen molar-refractivity contribution in [2.75, 3.05) is 6.54 Å². The monoisotopic (exact) mass is 558 g/mol. The van der Waals surface area contributed by atoms with Gasteiger partial charge in [0.2, 0.25) is 0 Å². The topological polar surface area (TPSA) is 118 Å². The third-order valence-corrected chi connectivity index (χ3v) is 6.78. The van der Waals surface area contributed by atoms with E-state index in [0.717, 1.165) is 22.0 Å². The number of phenolic OH excluding ortho intramolecular Hbond substituents is 1. The standard InChI is InChI=1S/C25H17Cl3N4O5/c26-18-3-1-2-13-6-7-31(12-17(13)18)24(35)16-10-15(4-5-21(16)33)37-23-19(27)8-14(9-20(23)28)32-25(36)30-22(34)11-29-32/h1-5,8-11,33H,6-7,12H2,(H,30,34,36). The molecular weight excluding hydrogens is 543 g/mol. The molecule has 0 spiro atoms. The number of benzene rings is 3. The normalized spacial score (nSPS) is 12.8. The van der Waals surface area contributed by atoms with Crippen LogP contribution in [0.25, 0.3) is 5.69 Å². The Hall–Kier alpha value is -3.79. The van der Waals surface area contributed by atoms with Gasteiger partial charge in [0.1, 0.15) is 17.7 Å². The van der Waals surface area contributed by atoms with Crippen LogP contribution in [0.15, 0.2) is 64.3 Å². The second kappa shape index (κ2) is 9.93. The molecule has 3 aromatic carbocycles. The van der Waals surface area contributed by atoms with E-state index in [1.54, 1.807) is 11.0 Å². The summed E-state index contributed by atoms with van der Waals surface area (Å²) in [7, 11) is 0. The number of hydrogen-bond acceptors (Lipinski definition) is 6. The molecule has 9 nitrogen and oxygen atoms in total. The van der Waals surface area contributed by atoms with E-state index in [-0.39, 0.29) is 44.5 Å².